The minimum Gasteiger partial charge on any atom is -0.0955 e. The van der Waals surface area contributed by atoms with Gasteiger partial charge in [-0.3, -0.25) is 0 Å². The predicted molar refractivity (Wildman–Crippen MR) is 48.3 cm³/mol. The molecule has 2 atom stereocenters. The quantitative estimate of drug-likeness (QED) is 0.495. The fraction of sp³-hybridized carbons (Fsp3) is 0.636. The van der Waals surface area contributed by atoms with Crippen molar-refractivity contribution in [3.05, 3.63) is 24.3 Å². The third kappa shape index (κ3) is 0.817. The molecule has 11 heavy (non-hydrogen) atoms. The molecule has 0 aliphatic heterocycles. The molecule has 0 N–H and O–H groups in total. The number of fused-ring (bicyclic) bond motifs is 2. The summed E-state index contributed by atoms with van der Waals surface area (Å²) in [5, 5.41) is 0. The average molecular weight is 148 g/mol. The van der Waals surface area contributed by atoms with Crippen molar-refractivity contribution in [2.45, 2.75) is 26.7 Å². The molecule has 1 saturated carbocycles. The van der Waals surface area contributed by atoms with Crippen LogP contribution < -0.4 is 0 Å². The second-order valence-corrected chi connectivity index (χ2v) is 4.52. The highest BCUT2D eigenvalue weighted by Gasteiger charge is 2.48. The van der Waals surface area contributed by atoms with E-state index in [0.717, 1.165) is 11.8 Å². The third-order valence-electron chi connectivity index (χ3n) is 3.67. The summed E-state index contributed by atoms with van der Waals surface area (Å²) in [5.41, 5.74) is 1.88. The van der Waals surface area contributed by atoms with Gasteiger partial charge < -0.3 is 0 Å². The van der Waals surface area contributed by atoms with Gasteiger partial charge in [0.15, 0.2) is 0 Å². The van der Waals surface area contributed by atoms with Crippen molar-refractivity contribution in [3.8, 4) is 0 Å². The van der Waals surface area contributed by atoms with Gasteiger partial charge in [0, 0.05) is 0 Å². The average Bonchev–Trinajstić information content (AvgIpc) is 2.17. The van der Waals surface area contributed by atoms with Crippen LogP contribution in [0, 0.1) is 17.3 Å². The van der Waals surface area contributed by atoms with E-state index in [2.05, 4.69) is 32.6 Å². The standard InChI is InChI=1S/C11H16/c1-8-5-4-6-9-7-10(8)11(9,2)3/h4-5,9-10H,1,6-7H2,2-3H3. The summed E-state index contributed by atoms with van der Waals surface area (Å²) in [6.07, 6.45) is 7.16. The van der Waals surface area contributed by atoms with E-state index in [1.165, 1.54) is 18.4 Å². The van der Waals surface area contributed by atoms with Crippen LogP contribution in [0.1, 0.15) is 26.7 Å². The minimum atomic E-state index is 0.528. The molecule has 0 radical (unpaired) electrons. The van der Waals surface area contributed by atoms with Crippen molar-refractivity contribution >= 4 is 0 Å². The fourth-order valence-corrected chi connectivity index (χ4v) is 2.55. The molecule has 60 valence electrons. The molecule has 0 spiro atoms. The lowest BCUT2D eigenvalue weighted by atomic mass is 9.53. The molecule has 0 amide bonds. The van der Waals surface area contributed by atoms with E-state index in [9.17, 15) is 0 Å². The van der Waals surface area contributed by atoms with Gasteiger partial charge in [0.05, 0.1) is 0 Å². The molecule has 0 aromatic rings. The number of allylic oxidation sites excluding steroid dienone is 3. The van der Waals surface area contributed by atoms with Crippen molar-refractivity contribution in [3.63, 3.8) is 0 Å². The van der Waals surface area contributed by atoms with Gasteiger partial charge in [0.2, 0.25) is 0 Å². The van der Waals surface area contributed by atoms with Crippen LogP contribution in [0.2, 0.25) is 0 Å². The Hall–Kier alpha value is -0.520. The molecule has 2 unspecified atom stereocenters. The molecular formula is C11H16. The van der Waals surface area contributed by atoms with Gasteiger partial charge in [-0.15, -0.1) is 0 Å². The Morgan fingerprint density at radius 2 is 2.27 bits per heavy atom. The first-order chi connectivity index (χ1) is 5.12. The second-order valence-electron chi connectivity index (χ2n) is 4.52. The second kappa shape index (κ2) is 2.00. The summed E-state index contributed by atoms with van der Waals surface area (Å²) < 4.78 is 0. The summed E-state index contributed by atoms with van der Waals surface area (Å²) in [4.78, 5) is 0. The van der Waals surface area contributed by atoms with Crippen LogP contribution in [0.25, 0.3) is 0 Å². The Balaban J connectivity index is 2.30. The lowest BCUT2D eigenvalue weighted by Crippen LogP contribution is -2.44. The monoisotopic (exact) mass is 148 g/mol. The van der Waals surface area contributed by atoms with Crippen LogP contribution in [0.3, 0.4) is 0 Å². The highest BCUT2D eigenvalue weighted by atomic mass is 14.5. The zero-order chi connectivity index (χ0) is 8.06. The molecule has 3 aliphatic rings. The largest absolute Gasteiger partial charge is 0.0955 e. The number of hydrogen-bond donors (Lipinski definition) is 0. The zero-order valence-electron chi connectivity index (χ0n) is 7.43. The van der Waals surface area contributed by atoms with E-state index in [-0.39, 0.29) is 0 Å². The summed E-state index contributed by atoms with van der Waals surface area (Å²) in [6.45, 7) is 8.86. The lowest BCUT2D eigenvalue weighted by Gasteiger charge is -2.51. The minimum absolute atomic E-state index is 0.528. The molecule has 0 aromatic heterocycles. The van der Waals surface area contributed by atoms with Gasteiger partial charge in [-0.05, 0) is 30.1 Å². The normalized spacial score (nSPS) is 39.6. The maximum Gasteiger partial charge on any atom is -0.0111 e. The van der Waals surface area contributed by atoms with E-state index in [1.807, 2.05) is 0 Å². The highest BCUT2D eigenvalue weighted by molar-refractivity contribution is 5.27. The van der Waals surface area contributed by atoms with Gasteiger partial charge in [0.1, 0.15) is 0 Å². The van der Waals surface area contributed by atoms with E-state index in [4.69, 9.17) is 0 Å². The van der Waals surface area contributed by atoms with Crippen LogP contribution in [0.15, 0.2) is 24.3 Å². The smallest absolute Gasteiger partial charge is 0.0111 e. The number of rotatable bonds is 0. The maximum atomic E-state index is 4.10. The summed E-state index contributed by atoms with van der Waals surface area (Å²) in [5.74, 6) is 1.69. The Labute approximate surface area is 69.0 Å². The van der Waals surface area contributed by atoms with Crippen LogP contribution in [-0.4, -0.2) is 0 Å². The van der Waals surface area contributed by atoms with Crippen molar-refractivity contribution in [1.82, 2.24) is 0 Å². The first-order valence-electron chi connectivity index (χ1n) is 4.47. The summed E-state index contributed by atoms with van der Waals surface area (Å²) in [7, 11) is 0. The van der Waals surface area contributed by atoms with E-state index >= 15 is 0 Å². The SMILES string of the molecule is C=C1C=CCC2CC1C2(C)C. The van der Waals surface area contributed by atoms with E-state index < -0.39 is 0 Å². The van der Waals surface area contributed by atoms with Crippen LogP contribution in [0.4, 0.5) is 0 Å². The molecule has 3 aliphatic carbocycles. The summed E-state index contributed by atoms with van der Waals surface area (Å²) >= 11 is 0. The van der Waals surface area contributed by atoms with Crippen LogP contribution in [-0.2, 0) is 0 Å². The highest BCUT2D eigenvalue weighted by Crippen LogP contribution is 2.57. The van der Waals surface area contributed by atoms with Crippen molar-refractivity contribution in [2.75, 3.05) is 0 Å². The maximum absolute atomic E-state index is 4.10. The molecule has 0 heteroatoms. The van der Waals surface area contributed by atoms with Gasteiger partial charge in [-0.25, -0.2) is 0 Å². The molecule has 2 bridgehead atoms. The number of hydrogen-bond acceptors (Lipinski definition) is 0. The van der Waals surface area contributed by atoms with Crippen LogP contribution >= 0.6 is 0 Å². The molecular weight excluding hydrogens is 132 g/mol. The van der Waals surface area contributed by atoms with Crippen LogP contribution in [0.5, 0.6) is 0 Å². The topological polar surface area (TPSA) is 0 Å². The Morgan fingerprint density at radius 1 is 1.55 bits per heavy atom. The molecule has 0 saturated heterocycles. The molecule has 3 rings (SSSR count). The van der Waals surface area contributed by atoms with Gasteiger partial charge in [0.25, 0.3) is 0 Å². The fourth-order valence-electron chi connectivity index (χ4n) is 2.55. The van der Waals surface area contributed by atoms with E-state index in [0.29, 0.717) is 5.41 Å². The first kappa shape index (κ1) is 7.15. The first-order valence-corrected chi connectivity index (χ1v) is 4.47. The van der Waals surface area contributed by atoms with Gasteiger partial charge in [-0.1, -0.05) is 38.2 Å². The Morgan fingerprint density at radius 3 is 2.91 bits per heavy atom. The lowest BCUT2D eigenvalue weighted by molar-refractivity contribution is 0.0125. The van der Waals surface area contributed by atoms with E-state index in [1.54, 1.807) is 0 Å². The van der Waals surface area contributed by atoms with Crippen molar-refractivity contribution in [1.29, 1.82) is 0 Å². The van der Waals surface area contributed by atoms with Crippen molar-refractivity contribution in [2.24, 2.45) is 17.3 Å². The molecule has 0 heterocycles. The third-order valence-corrected chi connectivity index (χ3v) is 3.67. The molecule has 0 aromatic carbocycles. The Bertz CT molecular complexity index is 220. The predicted octanol–water partition coefficient (Wildman–Crippen LogP) is 3.16. The van der Waals surface area contributed by atoms with Gasteiger partial charge in [-0.2, -0.15) is 0 Å². The molecule has 1 fully saturated rings. The van der Waals surface area contributed by atoms with Gasteiger partial charge >= 0.3 is 0 Å². The zero-order valence-corrected chi connectivity index (χ0v) is 7.43. The van der Waals surface area contributed by atoms with Crippen molar-refractivity contribution < 1.29 is 0 Å². The molecule has 0 nitrogen and oxygen atoms in total. The Kier molecular flexibility index (Phi) is 1.30. The summed E-state index contributed by atoms with van der Waals surface area (Å²) in [6, 6.07) is 0.